The van der Waals surface area contributed by atoms with E-state index in [1.165, 1.54) is 0 Å². The van der Waals surface area contributed by atoms with Gasteiger partial charge in [-0.05, 0) is 63.2 Å². The summed E-state index contributed by atoms with van der Waals surface area (Å²) in [5.74, 6) is -5.54. The van der Waals surface area contributed by atoms with E-state index in [2.05, 4.69) is 4.74 Å². The van der Waals surface area contributed by atoms with Crippen LogP contribution in [0.1, 0.15) is 51.4 Å². The fraction of sp³-hybridized carbons (Fsp3) is 0.684. The van der Waals surface area contributed by atoms with Gasteiger partial charge in [-0.25, -0.2) is 13.2 Å². The lowest BCUT2D eigenvalue weighted by Gasteiger charge is -2.38. The van der Waals surface area contributed by atoms with Crippen LogP contribution < -0.4 is 4.74 Å². The lowest BCUT2D eigenvalue weighted by atomic mass is 9.71. The Labute approximate surface area is 154 Å². The summed E-state index contributed by atoms with van der Waals surface area (Å²) in [6, 6.07) is 0.894. The molecule has 146 valence electrons. The zero-order chi connectivity index (χ0) is 18.9. The highest BCUT2D eigenvalue weighted by atomic mass is 35.5. The van der Waals surface area contributed by atoms with Gasteiger partial charge in [0, 0.05) is 17.5 Å². The third-order valence-electron chi connectivity index (χ3n) is 5.83. The van der Waals surface area contributed by atoms with Gasteiger partial charge in [-0.2, -0.15) is 8.78 Å². The number of rotatable bonds is 4. The second kappa shape index (κ2) is 7.91. The van der Waals surface area contributed by atoms with Gasteiger partial charge in [0.2, 0.25) is 0 Å². The maximum Gasteiger partial charge on any atom is 0.400 e. The third kappa shape index (κ3) is 4.44. The van der Waals surface area contributed by atoms with Crippen molar-refractivity contribution < 1.29 is 26.7 Å². The first kappa shape index (κ1) is 19.7. The molecule has 1 aromatic rings. The normalized spacial score (nSPS) is 30.2. The fourth-order valence-electron chi connectivity index (χ4n) is 4.31. The number of benzene rings is 1. The fourth-order valence-corrected chi connectivity index (χ4v) is 4.56. The minimum absolute atomic E-state index is 0.233. The van der Waals surface area contributed by atoms with Gasteiger partial charge in [0.15, 0.2) is 17.5 Å². The van der Waals surface area contributed by atoms with Crippen molar-refractivity contribution in [2.24, 2.45) is 17.8 Å². The van der Waals surface area contributed by atoms with Gasteiger partial charge in [0.05, 0.1) is 5.92 Å². The van der Waals surface area contributed by atoms with Crippen molar-refractivity contribution >= 4 is 11.6 Å². The zero-order valence-corrected chi connectivity index (χ0v) is 15.1. The maximum atomic E-state index is 14.4. The van der Waals surface area contributed by atoms with E-state index in [0.717, 1.165) is 25.7 Å². The van der Waals surface area contributed by atoms with Crippen LogP contribution in [0.2, 0.25) is 0 Å². The Balaban J connectivity index is 1.57. The Bertz CT molecular complexity index is 599. The van der Waals surface area contributed by atoms with E-state index >= 15 is 0 Å². The lowest BCUT2D eigenvalue weighted by molar-refractivity contribution is -0.224. The van der Waals surface area contributed by atoms with E-state index in [1.807, 2.05) is 0 Å². The van der Waals surface area contributed by atoms with Gasteiger partial charge >= 0.3 is 6.11 Å². The number of alkyl halides is 3. The molecular formula is C19H22ClF5O. The molecule has 0 N–H and O–H groups in total. The molecule has 0 aliphatic heterocycles. The number of halogens is 6. The molecule has 7 heteroatoms. The number of hydrogen-bond donors (Lipinski definition) is 0. The van der Waals surface area contributed by atoms with Crippen LogP contribution in [0.15, 0.2) is 12.1 Å². The highest BCUT2D eigenvalue weighted by molar-refractivity contribution is 6.20. The van der Waals surface area contributed by atoms with E-state index in [9.17, 15) is 22.0 Å². The predicted octanol–water partition coefficient (Wildman–Crippen LogP) is 6.68. The molecule has 2 aliphatic rings. The SMILES string of the molecule is Fc1cc(OC(F)(F)C2CCC(C3CCC(Cl)CC3)CC2)cc(F)c1F. The molecule has 1 nitrogen and oxygen atoms in total. The van der Waals surface area contributed by atoms with Crippen LogP contribution in [0.3, 0.4) is 0 Å². The van der Waals surface area contributed by atoms with E-state index < -0.39 is 35.2 Å². The molecular weight excluding hydrogens is 375 g/mol. The first-order valence-corrected chi connectivity index (χ1v) is 9.55. The van der Waals surface area contributed by atoms with Crippen molar-refractivity contribution in [3.63, 3.8) is 0 Å². The van der Waals surface area contributed by atoms with Gasteiger partial charge in [0.1, 0.15) is 5.75 Å². The second-order valence-corrected chi connectivity index (χ2v) is 8.11. The van der Waals surface area contributed by atoms with Crippen LogP contribution in [0, 0.1) is 35.2 Å². The largest absolute Gasteiger partial charge is 0.432 e. The summed E-state index contributed by atoms with van der Waals surface area (Å²) in [7, 11) is 0. The van der Waals surface area contributed by atoms with Gasteiger partial charge in [-0.1, -0.05) is 0 Å². The second-order valence-electron chi connectivity index (χ2n) is 7.49. The Morgan fingerprint density at radius 1 is 0.808 bits per heavy atom. The van der Waals surface area contributed by atoms with Crippen LogP contribution in [0.25, 0.3) is 0 Å². The molecule has 2 saturated carbocycles. The average molecular weight is 397 g/mol. The Kier molecular flexibility index (Phi) is 6.00. The molecule has 1 aromatic carbocycles. The van der Waals surface area contributed by atoms with Crippen LogP contribution >= 0.6 is 11.6 Å². The smallest absolute Gasteiger partial charge is 0.400 e. The summed E-state index contributed by atoms with van der Waals surface area (Å²) < 4.78 is 72.7. The standard InChI is InChI=1S/C19H22ClF5O/c20-14-7-3-12(4-8-14)11-1-5-13(6-2-11)19(24,25)26-15-9-16(21)18(23)17(22)10-15/h9-14H,1-8H2. The lowest BCUT2D eigenvalue weighted by Crippen LogP contribution is -2.38. The Morgan fingerprint density at radius 2 is 1.27 bits per heavy atom. The quantitative estimate of drug-likeness (QED) is 0.313. The highest BCUT2D eigenvalue weighted by Crippen LogP contribution is 2.45. The summed E-state index contributed by atoms with van der Waals surface area (Å²) in [6.45, 7) is 0. The van der Waals surface area contributed by atoms with E-state index in [0.29, 0.717) is 49.7 Å². The van der Waals surface area contributed by atoms with Crippen molar-refractivity contribution in [2.45, 2.75) is 62.9 Å². The van der Waals surface area contributed by atoms with Crippen molar-refractivity contribution in [2.75, 3.05) is 0 Å². The maximum absolute atomic E-state index is 14.4. The van der Waals surface area contributed by atoms with Crippen LogP contribution in [0.5, 0.6) is 5.75 Å². The van der Waals surface area contributed by atoms with Gasteiger partial charge in [-0.3, -0.25) is 0 Å². The molecule has 26 heavy (non-hydrogen) atoms. The molecule has 0 amide bonds. The first-order valence-electron chi connectivity index (χ1n) is 9.11. The summed E-state index contributed by atoms with van der Waals surface area (Å²) in [5, 5.41) is 0.233. The van der Waals surface area contributed by atoms with Gasteiger partial charge < -0.3 is 4.74 Å². The minimum Gasteiger partial charge on any atom is -0.432 e. The number of ether oxygens (including phenoxy) is 1. The van der Waals surface area contributed by atoms with Crippen molar-refractivity contribution in [3.05, 3.63) is 29.6 Å². The van der Waals surface area contributed by atoms with Crippen LogP contribution in [0.4, 0.5) is 22.0 Å². The molecule has 0 radical (unpaired) electrons. The summed E-state index contributed by atoms with van der Waals surface area (Å²) >= 11 is 6.12. The topological polar surface area (TPSA) is 9.23 Å². The Morgan fingerprint density at radius 3 is 1.77 bits per heavy atom. The van der Waals surface area contributed by atoms with Crippen molar-refractivity contribution in [1.29, 1.82) is 0 Å². The minimum atomic E-state index is -3.55. The first-order chi connectivity index (χ1) is 12.3. The molecule has 0 spiro atoms. The summed E-state index contributed by atoms with van der Waals surface area (Å²) in [6.07, 6.45) is 2.47. The molecule has 3 rings (SSSR count). The van der Waals surface area contributed by atoms with E-state index in [4.69, 9.17) is 11.6 Å². The van der Waals surface area contributed by atoms with Crippen molar-refractivity contribution in [3.8, 4) is 5.75 Å². The summed E-state index contributed by atoms with van der Waals surface area (Å²) in [4.78, 5) is 0. The molecule has 2 aliphatic carbocycles. The molecule has 2 fully saturated rings. The van der Waals surface area contributed by atoms with Gasteiger partial charge in [-0.15, -0.1) is 11.6 Å². The molecule has 0 bridgehead atoms. The monoisotopic (exact) mass is 396 g/mol. The summed E-state index contributed by atoms with van der Waals surface area (Å²) in [5.41, 5.74) is 0. The Hall–Kier alpha value is -1.04. The zero-order valence-electron chi connectivity index (χ0n) is 14.3. The average Bonchev–Trinajstić information content (AvgIpc) is 2.60. The number of hydrogen-bond acceptors (Lipinski definition) is 1. The molecule has 0 heterocycles. The van der Waals surface area contributed by atoms with Crippen LogP contribution in [-0.4, -0.2) is 11.5 Å². The van der Waals surface area contributed by atoms with Crippen molar-refractivity contribution in [1.82, 2.24) is 0 Å². The highest BCUT2D eigenvalue weighted by Gasteiger charge is 2.45. The van der Waals surface area contributed by atoms with E-state index in [1.54, 1.807) is 0 Å². The predicted molar refractivity (Wildman–Crippen MR) is 88.9 cm³/mol. The molecule has 0 saturated heterocycles. The van der Waals surface area contributed by atoms with E-state index in [-0.39, 0.29) is 5.38 Å². The molecule has 0 aromatic heterocycles. The third-order valence-corrected chi connectivity index (χ3v) is 6.26. The van der Waals surface area contributed by atoms with Gasteiger partial charge in [0.25, 0.3) is 0 Å². The molecule has 0 atom stereocenters. The van der Waals surface area contributed by atoms with Crippen LogP contribution in [-0.2, 0) is 0 Å². The molecule has 0 unspecified atom stereocenters.